The first-order chi connectivity index (χ1) is 13.9. The zero-order valence-corrected chi connectivity index (χ0v) is 18.1. The van der Waals surface area contributed by atoms with Crippen molar-refractivity contribution in [2.45, 2.75) is 13.5 Å². The number of carbonyl (C=O) groups excluding carboxylic acids is 1. The van der Waals surface area contributed by atoms with Crippen molar-refractivity contribution in [3.8, 4) is 5.75 Å². The molecule has 1 aliphatic heterocycles. The lowest BCUT2D eigenvalue weighted by Crippen LogP contribution is -2.30. The predicted octanol–water partition coefficient (Wildman–Crippen LogP) is 3.93. The Morgan fingerprint density at radius 1 is 1.34 bits per heavy atom. The molecule has 1 amide bonds. The number of nitrogens with zero attached hydrogens (tertiary/aromatic N) is 3. The Bertz CT molecular complexity index is 1130. The molecule has 0 spiro atoms. The smallest absolute Gasteiger partial charge is 0.281 e. The first-order valence-corrected chi connectivity index (χ1v) is 9.95. The van der Waals surface area contributed by atoms with Gasteiger partial charge in [0.15, 0.2) is 5.11 Å². The van der Waals surface area contributed by atoms with Crippen LogP contribution < -0.4 is 15.0 Å². The van der Waals surface area contributed by atoms with Crippen LogP contribution in [0.5, 0.6) is 5.75 Å². The Morgan fingerprint density at radius 2 is 2.17 bits per heavy atom. The highest BCUT2D eigenvalue weighted by atomic mass is 79.9. The number of aryl methyl sites for hydroxylation is 2. The fourth-order valence-electron chi connectivity index (χ4n) is 2.96. The minimum Gasteiger partial charge on any atom is -0.486 e. The van der Waals surface area contributed by atoms with Gasteiger partial charge < -0.3 is 14.5 Å². The maximum Gasteiger partial charge on any atom is 0.281 e. The zero-order chi connectivity index (χ0) is 20.5. The van der Waals surface area contributed by atoms with E-state index in [0.717, 1.165) is 15.9 Å². The Hall–Kier alpha value is -2.91. The molecule has 7 nitrogen and oxygen atoms in total. The van der Waals surface area contributed by atoms with Gasteiger partial charge in [-0.1, -0.05) is 22.0 Å². The van der Waals surface area contributed by atoms with Gasteiger partial charge in [0.05, 0.1) is 11.4 Å². The van der Waals surface area contributed by atoms with Crippen LogP contribution in [-0.4, -0.2) is 20.8 Å². The molecule has 0 bridgehead atoms. The highest BCUT2D eigenvalue weighted by Gasteiger charge is 2.34. The Morgan fingerprint density at radius 3 is 2.90 bits per heavy atom. The van der Waals surface area contributed by atoms with E-state index >= 15 is 0 Å². The van der Waals surface area contributed by atoms with Crippen LogP contribution in [0.15, 0.2) is 57.2 Å². The lowest BCUT2D eigenvalue weighted by molar-refractivity contribution is -0.113. The summed E-state index contributed by atoms with van der Waals surface area (Å²) in [6.45, 7) is 2.11. The van der Waals surface area contributed by atoms with E-state index < -0.39 is 0 Å². The van der Waals surface area contributed by atoms with E-state index in [9.17, 15) is 4.79 Å². The molecule has 4 rings (SSSR count). The summed E-state index contributed by atoms with van der Waals surface area (Å²) in [5.41, 5.74) is 1.71. The lowest BCUT2D eigenvalue weighted by atomic mass is 10.3. The first kappa shape index (κ1) is 19.4. The van der Waals surface area contributed by atoms with Crippen molar-refractivity contribution in [3.63, 3.8) is 0 Å². The predicted molar refractivity (Wildman–Crippen MR) is 116 cm³/mol. The molecule has 2 aromatic heterocycles. The molecule has 0 radical (unpaired) electrons. The summed E-state index contributed by atoms with van der Waals surface area (Å²) >= 11 is 8.74. The Balaban J connectivity index is 1.48. The largest absolute Gasteiger partial charge is 0.486 e. The van der Waals surface area contributed by atoms with Gasteiger partial charge in [-0.05, 0) is 49.5 Å². The summed E-state index contributed by atoms with van der Waals surface area (Å²) < 4.78 is 14.1. The number of amides is 1. The number of aromatic nitrogens is 2. The van der Waals surface area contributed by atoms with Crippen LogP contribution >= 0.6 is 28.1 Å². The number of hydrogen-bond donors (Lipinski definition) is 1. The van der Waals surface area contributed by atoms with Crippen molar-refractivity contribution in [2.24, 2.45) is 7.05 Å². The first-order valence-electron chi connectivity index (χ1n) is 8.75. The number of benzene rings is 1. The number of anilines is 1. The molecule has 9 heteroatoms. The van der Waals surface area contributed by atoms with Crippen molar-refractivity contribution in [1.29, 1.82) is 0 Å². The molecule has 3 heterocycles. The average Bonchev–Trinajstić information content (AvgIpc) is 3.32. The van der Waals surface area contributed by atoms with Crippen molar-refractivity contribution in [3.05, 3.63) is 70.0 Å². The summed E-state index contributed by atoms with van der Waals surface area (Å²) in [5.74, 6) is 1.65. The van der Waals surface area contributed by atoms with E-state index in [0.29, 0.717) is 28.0 Å². The van der Waals surface area contributed by atoms with E-state index in [4.69, 9.17) is 21.4 Å². The minimum absolute atomic E-state index is 0.255. The summed E-state index contributed by atoms with van der Waals surface area (Å²) in [6, 6.07) is 11.2. The van der Waals surface area contributed by atoms with E-state index in [-0.39, 0.29) is 12.5 Å². The molecule has 0 aliphatic carbocycles. The van der Waals surface area contributed by atoms with Crippen LogP contribution in [0.1, 0.15) is 17.2 Å². The maximum absolute atomic E-state index is 12.8. The lowest BCUT2D eigenvalue weighted by Gasteiger charge is -2.11. The number of ether oxygens (including phenoxy) is 1. The topological polar surface area (TPSA) is 72.5 Å². The Kier molecular flexibility index (Phi) is 5.25. The third-order valence-electron chi connectivity index (χ3n) is 4.25. The highest BCUT2D eigenvalue weighted by Crippen LogP contribution is 2.25. The van der Waals surface area contributed by atoms with Crippen molar-refractivity contribution in [1.82, 2.24) is 15.1 Å². The van der Waals surface area contributed by atoms with Gasteiger partial charge in [-0.25, -0.2) is 4.90 Å². The van der Waals surface area contributed by atoms with Gasteiger partial charge in [0, 0.05) is 23.8 Å². The normalized spacial score (nSPS) is 15.3. The number of halogens is 1. The van der Waals surface area contributed by atoms with Gasteiger partial charge in [-0.2, -0.15) is 5.10 Å². The summed E-state index contributed by atoms with van der Waals surface area (Å²) in [6.07, 6.45) is 3.39. The fraction of sp³-hybridized carbons (Fsp3) is 0.150. The van der Waals surface area contributed by atoms with Crippen LogP contribution in [0.4, 0.5) is 5.69 Å². The molecule has 0 atom stereocenters. The fourth-order valence-corrected chi connectivity index (χ4v) is 3.63. The molecule has 1 aliphatic rings. The van der Waals surface area contributed by atoms with Gasteiger partial charge >= 0.3 is 0 Å². The summed E-state index contributed by atoms with van der Waals surface area (Å²) in [5, 5.41) is 7.52. The minimum atomic E-state index is -0.255. The van der Waals surface area contributed by atoms with Crippen LogP contribution in [-0.2, 0) is 18.4 Å². The second kappa shape index (κ2) is 7.84. The maximum atomic E-state index is 12.8. The van der Waals surface area contributed by atoms with E-state index in [1.54, 1.807) is 30.1 Å². The van der Waals surface area contributed by atoms with Crippen molar-refractivity contribution < 1.29 is 13.9 Å². The molecule has 3 aromatic rings. The molecule has 1 aromatic carbocycles. The second-order valence-electron chi connectivity index (χ2n) is 6.45. The van der Waals surface area contributed by atoms with Crippen LogP contribution in [0.2, 0.25) is 0 Å². The highest BCUT2D eigenvalue weighted by molar-refractivity contribution is 9.10. The molecule has 1 N–H and O–H groups in total. The number of furan rings is 1. The van der Waals surface area contributed by atoms with Gasteiger partial charge in [-0.15, -0.1) is 0 Å². The number of nitrogens with one attached hydrogen (secondary N) is 1. The van der Waals surface area contributed by atoms with Crippen LogP contribution in [0.3, 0.4) is 0 Å². The average molecular weight is 473 g/mol. The number of hydrogen-bond acceptors (Lipinski definition) is 5. The van der Waals surface area contributed by atoms with E-state index in [2.05, 4.69) is 26.3 Å². The van der Waals surface area contributed by atoms with Crippen LogP contribution in [0.25, 0.3) is 6.08 Å². The van der Waals surface area contributed by atoms with Gasteiger partial charge in [0.25, 0.3) is 5.91 Å². The molecule has 148 valence electrons. The van der Waals surface area contributed by atoms with Crippen LogP contribution in [0, 0.1) is 6.92 Å². The SMILES string of the molecule is Cc1nn(C)cc1N1C(=O)/C(=C\c2ccc(COc3cccc(Br)c3)o2)NC1=S. The quantitative estimate of drug-likeness (QED) is 0.448. The van der Waals surface area contributed by atoms with E-state index in [1.807, 2.05) is 37.3 Å². The molecule has 0 saturated carbocycles. The molecule has 0 unspecified atom stereocenters. The van der Waals surface area contributed by atoms with Gasteiger partial charge in [0.1, 0.15) is 29.6 Å². The number of rotatable bonds is 5. The Labute approximate surface area is 181 Å². The number of thiocarbonyl (C=S) groups is 1. The molecule has 1 saturated heterocycles. The molecule has 29 heavy (non-hydrogen) atoms. The summed E-state index contributed by atoms with van der Waals surface area (Å²) in [4.78, 5) is 14.3. The third-order valence-corrected chi connectivity index (χ3v) is 5.03. The van der Waals surface area contributed by atoms with Crippen molar-refractivity contribution >= 4 is 50.9 Å². The van der Waals surface area contributed by atoms with E-state index in [1.165, 1.54) is 4.90 Å². The zero-order valence-electron chi connectivity index (χ0n) is 15.7. The summed E-state index contributed by atoms with van der Waals surface area (Å²) in [7, 11) is 1.80. The standard InChI is InChI=1S/C20H17BrN4O3S/c1-12-18(10-24(2)23-12)25-19(26)17(22-20(25)29)9-15-6-7-16(28-15)11-27-14-5-3-4-13(21)8-14/h3-10H,11H2,1-2H3,(H,22,29)/b17-9+. The third kappa shape index (κ3) is 4.10. The second-order valence-corrected chi connectivity index (χ2v) is 7.75. The number of carbonyl (C=O) groups is 1. The van der Waals surface area contributed by atoms with Gasteiger partial charge in [0.2, 0.25) is 0 Å². The molecular weight excluding hydrogens is 456 g/mol. The van der Waals surface area contributed by atoms with Gasteiger partial charge in [-0.3, -0.25) is 9.48 Å². The monoisotopic (exact) mass is 472 g/mol. The molecular formula is C20H17BrN4O3S. The molecule has 1 fully saturated rings. The van der Waals surface area contributed by atoms with Crippen molar-refractivity contribution in [2.75, 3.05) is 4.90 Å².